The third-order valence-electron chi connectivity index (χ3n) is 5.02. The van der Waals surface area contributed by atoms with Gasteiger partial charge in [-0.15, -0.1) is 0 Å². The van der Waals surface area contributed by atoms with Crippen LogP contribution in [0.2, 0.25) is 0 Å². The molecule has 3 heteroatoms. The maximum atomic E-state index is 5.99. The maximum absolute atomic E-state index is 5.99. The van der Waals surface area contributed by atoms with Crippen LogP contribution >= 0.6 is 0 Å². The minimum absolute atomic E-state index is 0.338. The van der Waals surface area contributed by atoms with E-state index in [0.29, 0.717) is 18.8 Å². The molecule has 17 heavy (non-hydrogen) atoms. The molecule has 0 aromatic heterocycles. The van der Waals surface area contributed by atoms with Crippen molar-refractivity contribution in [2.45, 2.75) is 63.2 Å². The van der Waals surface area contributed by atoms with Crippen molar-refractivity contribution in [1.29, 1.82) is 0 Å². The summed E-state index contributed by atoms with van der Waals surface area (Å²) in [5, 5.41) is 0. The number of nitrogens with two attached hydrogens (primary N) is 1. The average molecular weight is 238 g/mol. The van der Waals surface area contributed by atoms with E-state index in [-0.39, 0.29) is 0 Å². The van der Waals surface area contributed by atoms with Gasteiger partial charge in [0, 0.05) is 19.1 Å². The van der Waals surface area contributed by atoms with E-state index in [0.717, 1.165) is 18.5 Å². The zero-order chi connectivity index (χ0) is 11.7. The number of rotatable bonds is 3. The van der Waals surface area contributed by atoms with E-state index in [1.165, 1.54) is 51.5 Å². The van der Waals surface area contributed by atoms with E-state index < -0.39 is 0 Å². The van der Waals surface area contributed by atoms with Gasteiger partial charge in [-0.2, -0.15) is 0 Å². The monoisotopic (exact) mass is 238 g/mol. The summed E-state index contributed by atoms with van der Waals surface area (Å²) in [7, 11) is 0. The minimum atomic E-state index is 0.338. The molecule has 0 radical (unpaired) electrons. The molecular formula is C14H26N2O. The maximum Gasteiger partial charge on any atom is 0.0707 e. The second-order valence-electron chi connectivity index (χ2n) is 6.09. The fourth-order valence-electron chi connectivity index (χ4n) is 4.08. The molecule has 3 fully saturated rings. The smallest absolute Gasteiger partial charge is 0.0707 e. The number of likely N-dealkylation sites (tertiary alicyclic amines) is 1. The first-order valence-electron chi connectivity index (χ1n) is 7.46. The van der Waals surface area contributed by atoms with Gasteiger partial charge >= 0.3 is 0 Å². The van der Waals surface area contributed by atoms with Gasteiger partial charge < -0.3 is 10.5 Å². The van der Waals surface area contributed by atoms with Gasteiger partial charge in [0.05, 0.1) is 12.2 Å². The zero-order valence-electron chi connectivity index (χ0n) is 10.8. The third-order valence-corrected chi connectivity index (χ3v) is 5.02. The minimum Gasteiger partial charge on any atom is -0.372 e. The second-order valence-corrected chi connectivity index (χ2v) is 6.09. The Morgan fingerprint density at radius 3 is 2.65 bits per heavy atom. The van der Waals surface area contributed by atoms with E-state index in [4.69, 9.17) is 10.5 Å². The molecule has 3 rings (SSSR count). The molecular weight excluding hydrogens is 212 g/mol. The molecule has 4 unspecified atom stereocenters. The number of fused-ring (bicyclic) bond motifs is 1. The zero-order valence-corrected chi connectivity index (χ0v) is 10.8. The SMILES string of the molecule is NCC1CCC(CN2CCC3CCCCC32)O1. The van der Waals surface area contributed by atoms with E-state index in [2.05, 4.69) is 4.90 Å². The summed E-state index contributed by atoms with van der Waals surface area (Å²) in [5.74, 6) is 0.996. The van der Waals surface area contributed by atoms with Gasteiger partial charge in [-0.25, -0.2) is 0 Å². The average Bonchev–Trinajstić information content (AvgIpc) is 2.97. The molecule has 0 spiro atoms. The highest BCUT2D eigenvalue weighted by Crippen LogP contribution is 2.36. The van der Waals surface area contributed by atoms with E-state index in [1.54, 1.807) is 0 Å². The summed E-state index contributed by atoms with van der Waals surface area (Å²) in [6.45, 7) is 3.17. The summed E-state index contributed by atoms with van der Waals surface area (Å²) in [6.07, 6.45) is 10.4. The van der Waals surface area contributed by atoms with Crippen molar-refractivity contribution in [3.8, 4) is 0 Å². The van der Waals surface area contributed by atoms with Crippen molar-refractivity contribution < 1.29 is 4.74 Å². The lowest BCUT2D eigenvalue weighted by Gasteiger charge is -2.33. The molecule has 0 aromatic rings. The van der Waals surface area contributed by atoms with Crippen molar-refractivity contribution in [1.82, 2.24) is 4.90 Å². The molecule has 0 aromatic carbocycles. The van der Waals surface area contributed by atoms with E-state index in [9.17, 15) is 0 Å². The molecule has 2 heterocycles. The Hall–Kier alpha value is -0.120. The van der Waals surface area contributed by atoms with Crippen LogP contribution < -0.4 is 5.73 Å². The molecule has 98 valence electrons. The van der Waals surface area contributed by atoms with Crippen molar-refractivity contribution >= 4 is 0 Å². The lowest BCUT2D eigenvalue weighted by Crippen LogP contribution is -2.39. The van der Waals surface area contributed by atoms with Crippen LogP contribution in [0.1, 0.15) is 44.9 Å². The Bertz CT molecular complexity index is 259. The van der Waals surface area contributed by atoms with Crippen molar-refractivity contribution in [2.24, 2.45) is 11.7 Å². The van der Waals surface area contributed by atoms with Crippen molar-refractivity contribution in [3.63, 3.8) is 0 Å². The lowest BCUT2D eigenvalue weighted by molar-refractivity contribution is 0.0198. The molecule has 0 bridgehead atoms. The van der Waals surface area contributed by atoms with E-state index in [1.807, 2.05) is 0 Å². The predicted molar refractivity (Wildman–Crippen MR) is 68.9 cm³/mol. The van der Waals surface area contributed by atoms with Gasteiger partial charge in [0.15, 0.2) is 0 Å². The largest absolute Gasteiger partial charge is 0.372 e. The highest BCUT2D eigenvalue weighted by atomic mass is 16.5. The topological polar surface area (TPSA) is 38.5 Å². The summed E-state index contributed by atoms with van der Waals surface area (Å²) < 4.78 is 5.99. The van der Waals surface area contributed by atoms with Crippen LogP contribution in [0.3, 0.4) is 0 Å². The number of hydrogen-bond acceptors (Lipinski definition) is 3. The van der Waals surface area contributed by atoms with E-state index >= 15 is 0 Å². The molecule has 1 aliphatic carbocycles. The highest BCUT2D eigenvalue weighted by molar-refractivity contribution is 4.91. The number of nitrogens with zero attached hydrogens (tertiary/aromatic N) is 1. The standard InChI is InChI=1S/C14H26N2O/c15-9-12-5-6-13(17-12)10-16-8-7-11-3-1-2-4-14(11)16/h11-14H,1-10,15H2. The normalized spacial score (nSPS) is 42.9. The van der Waals surface area contributed by atoms with Crippen molar-refractivity contribution in [3.05, 3.63) is 0 Å². The van der Waals surface area contributed by atoms with Crippen LogP contribution in [-0.2, 0) is 4.74 Å². The fraction of sp³-hybridized carbons (Fsp3) is 1.00. The summed E-state index contributed by atoms with van der Waals surface area (Å²) >= 11 is 0. The Morgan fingerprint density at radius 2 is 1.82 bits per heavy atom. The van der Waals surface area contributed by atoms with Crippen LogP contribution in [0, 0.1) is 5.92 Å². The summed E-state index contributed by atoms with van der Waals surface area (Å²) in [6, 6.07) is 0.879. The first kappa shape index (κ1) is 11.9. The molecule has 1 saturated carbocycles. The van der Waals surface area contributed by atoms with Crippen LogP contribution in [0.5, 0.6) is 0 Å². The summed E-state index contributed by atoms with van der Waals surface area (Å²) in [4.78, 5) is 2.72. The quantitative estimate of drug-likeness (QED) is 0.814. The molecule has 2 saturated heterocycles. The molecule has 2 aliphatic heterocycles. The second kappa shape index (κ2) is 5.25. The third kappa shape index (κ3) is 2.51. The Labute approximate surface area is 105 Å². The Kier molecular flexibility index (Phi) is 3.69. The molecule has 2 N–H and O–H groups in total. The van der Waals surface area contributed by atoms with Crippen LogP contribution in [0.15, 0.2) is 0 Å². The van der Waals surface area contributed by atoms with Gasteiger partial charge in [0.2, 0.25) is 0 Å². The van der Waals surface area contributed by atoms with Gasteiger partial charge in [-0.3, -0.25) is 4.90 Å². The summed E-state index contributed by atoms with van der Waals surface area (Å²) in [5.41, 5.74) is 5.67. The first-order valence-corrected chi connectivity index (χ1v) is 7.46. The Balaban J connectivity index is 1.52. The highest BCUT2D eigenvalue weighted by Gasteiger charge is 2.37. The molecule has 3 nitrogen and oxygen atoms in total. The fourth-order valence-corrected chi connectivity index (χ4v) is 4.08. The molecule has 0 amide bonds. The van der Waals surface area contributed by atoms with Crippen LogP contribution in [-0.4, -0.2) is 42.8 Å². The van der Waals surface area contributed by atoms with Crippen LogP contribution in [0.4, 0.5) is 0 Å². The van der Waals surface area contributed by atoms with Crippen molar-refractivity contribution in [2.75, 3.05) is 19.6 Å². The van der Waals surface area contributed by atoms with Gasteiger partial charge in [0.1, 0.15) is 0 Å². The lowest BCUT2D eigenvalue weighted by atomic mass is 9.85. The van der Waals surface area contributed by atoms with Gasteiger partial charge in [-0.05, 0) is 44.6 Å². The molecule has 4 atom stereocenters. The first-order chi connectivity index (χ1) is 8.36. The number of hydrogen-bond donors (Lipinski definition) is 1. The predicted octanol–water partition coefficient (Wildman–Crippen LogP) is 1.76. The molecule has 3 aliphatic rings. The van der Waals surface area contributed by atoms with Crippen LogP contribution in [0.25, 0.3) is 0 Å². The van der Waals surface area contributed by atoms with Gasteiger partial charge in [0.25, 0.3) is 0 Å². The number of ether oxygens (including phenoxy) is 1. The van der Waals surface area contributed by atoms with Gasteiger partial charge in [-0.1, -0.05) is 12.8 Å². The Morgan fingerprint density at radius 1 is 1.00 bits per heavy atom.